The number of ether oxygens (including phenoxy) is 3. The minimum atomic E-state index is -0.852. The van der Waals surface area contributed by atoms with Crippen LogP contribution in [-0.2, 0) is 14.3 Å². The number of carbonyl (C=O) groups excluding carboxylic acids is 3. The summed E-state index contributed by atoms with van der Waals surface area (Å²) in [7, 11) is 0. The lowest BCUT2D eigenvalue weighted by Gasteiger charge is -2.27. The molecule has 1 aromatic carbocycles. The second-order valence-corrected chi connectivity index (χ2v) is 9.43. The molecule has 11 heteroatoms. The van der Waals surface area contributed by atoms with Crippen LogP contribution in [0.2, 0.25) is 0 Å². The number of nitrogens with zero attached hydrogens (tertiary/aromatic N) is 1. The van der Waals surface area contributed by atoms with Gasteiger partial charge >= 0.3 is 18.0 Å². The number of fused-ring (bicyclic) bond motifs is 1. The summed E-state index contributed by atoms with van der Waals surface area (Å²) in [5.74, 6) is -1.97. The summed E-state index contributed by atoms with van der Waals surface area (Å²) >= 11 is 0. The van der Waals surface area contributed by atoms with Gasteiger partial charge in [0.15, 0.2) is 0 Å². The Balaban J connectivity index is 1.57. The number of phenolic OH excluding ortho intramolecular Hbond substituents is 1. The SMILES string of the molecule is CCOC(=O)c1ccc(-c2coc3cc(OC(=O)[C@H]4CCCN4C(=O)OC(C)(C)C)cc(O)c3c2=O)o1. The maximum absolute atomic E-state index is 13.1. The molecule has 37 heavy (non-hydrogen) atoms. The smallest absolute Gasteiger partial charge is 0.411 e. The number of amides is 1. The Bertz CT molecular complexity index is 1410. The van der Waals surface area contributed by atoms with Crippen LogP contribution in [0.15, 0.2) is 44.2 Å². The van der Waals surface area contributed by atoms with E-state index in [9.17, 15) is 24.3 Å². The molecule has 1 amide bonds. The number of phenols is 1. The molecule has 0 unspecified atom stereocenters. The van der Waals surface area contributed by atoms with E-state index in [1.165, 1.54) is 23.1 Å². The number of furan rings is 1. The molecule has 1 atom stereocenters. The summed E-state index contributed by atoms with van der Waals surface area (Å²) in [5, 5.41) is 10.4. The standard InChI is InChI=1S/C26H27NO10/c1-5-33-24(31)19-9-8-18(36-19)15-13-34-20-12-14(11-17(28)21(20)22(15)29)35-23(30)16-7-6-10-27(16)25(32)37-26(2,3)4/h8-9,11-13,16,28H,5-7,10H2,1-4H3/t16-/m1/s1. The van der Waals surface area contributed by atoms with Crippen LogP contribution in [0.25, 0.3) is 22.3 Å². The van der Waals surface area contributed by atoms with Crippen LogP contribution in [0.1, 0.15) is 51.1 Å². The molecule has 0 saturated carbocycles. The highest BCUT2D eigenvalue weighted by atomic mass is 16.6. The molecule has 1 fully saturated rings. The minimum absolute atomic E-state index is 0.0259. The molecular weight excluding hydrogens is 486 g/mol. The monoisotopic (exact) mass is 513 g/mol. The molecule has 0 radical (unpaired) electrons. The van der Waals surface area contributed by atoms with Gasteiger partial charge in [-0.15, -0.1) is 0 Å². The average molecular weight is 513 g/mol. The van der Waals surface area contributed by atoms with Gasteiger partial charge in [0.1, 0.15) is 51.7 Å². The van der Waals surface area contributed by atoms with E-state index in [0.29, 0.717) is 19.4 Å². The van der Waals surface area contributed by atoms with Crippen LogP contribution in [0.4, 0.5) is 4.79 Å². The minimum Gasteiger partial charge on any atom is -0.507 e. The summed E-state index contributed by atoms with van der Waals surface area (Å²) in [6.45, 7) is 7.36. The normalized spacial score (nSPS) is 15.6. The molecule has 11 nitrogen and oxygen atoms in total. The predicted octanol–water partition coefficient (Wildman–Crippen LogP) is 4.24. The zero-order valence-corrected chi connectivity index (χ0v) is 20.9. The van der Waals surface area contributed by atoms with E-state index in [0.717, 1.165) is 12.3 Å². The largest absolute Gasteiger partial charge is 0.507 e. The van der Waals surface area contributed by atoms with Crippen LogP contribution in [0, 0.1) is 0 Å². The van der Waals surface area contributed by atoms with Gasteiger partial charge < -0.3 is 28.2 Å². The Morgan fingerprint density at radius 2 is 1.95 bits per heavy atom. The molecule has 1 saturated heterocycles. The quantitative estimate of drug-likeness (QED) is 0.388. The van der Waals surface area contributed by atoms with Gasteiger partial charge in [0.2, 0.25) is 11.2 Å². The number of rotatable bonds is 5. The Labute approximate surface area is 211 Å². The maximum atomic E-state index is 13.1. The van der Waals surface area contributed by atoms with Crippen molar-refractivity contribution in [1.29, 1.82) is 0 Å². The second-order valence-electron chi connectivity index (χ2n) is 9.43. The molecule has 2 aromatic heterocycles. The van der Waals surface area contributed by atoms with E-state index in [4.69, 9.17) is 23.0 Å². The fraction of sp³-hybridized carbons (Fsp3) is 0.385. The van der Waals surface area contributed by atoms with Gasteiger partial charge in [-0.2, -0.15) is 0 Å². The van der Waals surface area contributed by atoms with E-state index >= 15 is 0 Å². The van der Waals surface area contributed by atoms with E-state index in [2.05, 4.69) is 0 Å². The topological polar surface area (TPSA) is 146 Å². The fourth-order valence-corrected chi connectivity index (χ4v) is 3.97. The van der Waals surface area contributed by atoms with Crippen LogP contribution in [0.3, 0.4) is 0 Å². The summed E-state index contributed by atoms with van der Waals surface area (Å²) in [5.41, 5.74) is -1.40. The van der Waals surface area contributed by atoms with Crippen molar-refractivity contribution in [3.63, 3.8) is 0 Å². The Hall–Kier alpha value is -4.28. The van der Waals surface area contributed by atoms with E-state index in [1.54, 1.807) is 27.7 Å². The highest BCUT2D eigenvalue weighted by Crippen LogP contribution is 2.32. The van der Waals surface area contributed by atoms with Gasteiger partial charge in [0.25, 0.3) is 0 Å². The number of carbonyl (C=O) groups is 3. The zero-order valence-electron chi connectivity index (χ0n) is 20.9. The molecule has 3 heterocycles. The first-order chi connectivity index (χ1) is 17.5. The van der Waals surface area contributed by atoms with Crippen LogP contribution >= 0.6 is 0 Å². The molecule has 1 aliphatic heterocycles. The van der Waals surface area contributed by atoms with Gasteiger partial charge in [-0.1, -0.05) is 0 Å². The number of benzene rings is 1. The van der Waals surface area contributed by atoms with Crippen molar-refractivity contribution in [2.75, 3.05) is 13.2 Å². The van der Waals surface area contributed by atoms with Crippen LogP contribution in [-0.4, -0.2) is 52.8 Å². The lowest BCUT2D eigenvalue weighted by atomic mass is 10.1. The lowest BCUT2D eigenvalue weighted by molar-refractivity contribution is -0.139. The molecule has 1 aliphatic rings. The van der Waals surface area contributed by atoms with Gasteiger partial charge in [-0.05, 0) is 52.7 Å². The van der Waals surface area contributed by atoms with Crippen molar-refractivity contribution < 1.29 is 42.5 Å². The first kappa shape index (κ1) is 25.8. The highest BCUT2D eigenvalue weighted by molar-refractivity contribution is 5.90. The van der Waals surface area contributed by atoms with E-state index < -0.39 is 40.9 Å². The Morgan fingerprint density at radius 3 is 2.65 bits per heavy atom. The third-order valence-corrected chi connectivity index (χ3v) is 5.55. The second kappa shape index (κ2) is 10.00. The first-order valence-electron chi connectivity index (χ1n) is 11.8. The summed E-state index contributed by atoms with van der Waals surface area (Å²) in [6.07, 6.45) is 1.50. The van der Waals surface area contributed by atoms with Gasteiger partial charge in [0, 0.05) is 18.7 Å². The Morgan fingerprint density at radius 1 is 1.19 bits per heavy atom. The molecule has 3 aromatic rings. The van der Waals surface area contributed by atoms with E-state index in [1.807, 2.05) is 0 Å². The summed E-state index contributed by atoms with van der Waals surface area (Å²) in [6, 6.07) is 4.32. The van der Waals surface area contributed by atoms with Crippen molar-refractivity contribution in [1.82, 2.24) is 4.90 Å². The molecule has 0 spiro atoms. The number of hydrogen-bond donors (Lipinski definition) is 1. The Kier molecular flexibility index (Phi) is 6.97. The van der Waals surface area contributed by atoms with E-state index in [-0.39, 0.29) is 40.4 Å². The molecule has 196 valence electrons. The highest BCUT2D eigenvalue weighted by Gasteiger charge is 2.38. The summed E-state index contributed by atoms with van der Waals surface area (Å²) < 4.78 is 26.6. The molecule has 4 rings (SSSR count). The zero-order chi connectivity index (χ0) is 26.9. The van der Waals surface area contributed by atoms with Crippen LogP contribution < -0.4 is 10.2 Å². The number of likely N-dealkylation sites (tertiary alicyclic amines) is 1. The van der Waals surface area contributed by atoms with Crippen molar-refractivity contribution >= 4 is 29.0 Å². The molecule has 1 N–H and O–H groups in total. The van der Waals surface area contributed by atoms with Crippen molar-refractivity contribution in [3.8, 4) is 22.8 Å². The van der Waals surface area contributed by atoms with Crippen LogP contribution in [0.5, 0.6) is 11.5 Å². The predicted molar refractivity (Wildman–Crippen MR) is 129 cm³/mol. The number of hydrogen-bond acceptors (Lipinski definition) is 10. The average Bonchev–Trinajstić information content (AvgIpc) is 3.48. The molecule has 0 bridgehead atoms. The molecule has 0 aliphatic carbocycles. The third kappa shape index (κ3) is 5.45. The van der Waals surface area contributed by atoms with Crippen molar-refractivity contribution in [2.24, 2.45) is 0 Å². The van der Waals surface area contributed by atoms with Gasteiger partial charge in [0.05, 0.1) is 6.61 Å². The van der Waals surface area contributed by atoms with Crippen molar-refractivity contribution in [2.45, 2.75) is 52.2 Å². The summed E-state index contributed by atoms with van der Waals surface area (Å²) in [4.78, 5) is 51.6. The fourth-order valence-electron chi connectivity index (χ4n) is 3.97. The lowest BCUT2D eigenvalue weighted by Crippen LogP contribution is -2.44. The van der Waals surface area contributed by atoms with Crippen molar-refractivity contribution in [3.05, 3.63) is 46.5 Å². The molecular formula is C26H27NO10. The maximum Gasteiger partial charge on any atom is 0.411 e. The van der Waals surface area contributed by atoms with Gasteiger partial charge in [-0.3, -0.25) is 9.69 Å². The third-order valence-electron chi connectivity index (χ3n) is 5.55. The first-order valence-corrected chi connectivity index (χ1v) is 11.8. The van der Waals surface area contributed by atoms with Gasteiger partial charge in [-0.25, -0.2) is 14.4 Å². The number of esters is 2. The number of aromatic hydroxyl groups is 1.